The molecule has 2 heteroatoms. The predicted molar refractivity (Wildman–Crippen MR) is 95.5 cm³/mol. The topological polar surface area (TPSA) is 15.3 Å². The third-order valence-corrected chi connectivity index (χ3v) is 4.87. The lowest BCUT2D eigenvalue weighted by Crippen LogP contribution is -2.40. The zero-order chi connectivity index (χ0) is 15.4. The van der Waals surface area contributed by atoms with Crippen molar-refractivity contribution in [3.05, 3.63) is 60.2 Å². The summed E-state index contributed by atoms with van der Waals surface area (Å²) in [5, 5.41) is 3.61. The summed E-state index contributed by atoms with van der Waals surface area (Å²) >= 11 is 0. The molecule has 1 aliphatic rings. The van der Waals surface area contributed by atoms with Gasteiger partial charge in [-0.25, -0.2) is 0 Å². The lowest BCUT2D eigenvalue weighted by molar-refractivity contribution is 0.457. The molecule has 2 aromatic carbocycles. The molecule has 1 N–H and O–H groups in total. The number of nitrogens with one attached hydrogen (secondary N) is 1. The first-order valence-corrected chi connectivity index (χ1v) is 8.48. The van der Waals surface area contributed by atoms with Crippen molar-refractivity contribution in [2.75, 3.05) is 23.3 Å². The standard InChI is InChI=1S/C20H26N2/c1-3-16(4-2)15-22-19-13-9-8-12-18(19)21-14-20(22)17-10-6-5-7-11-17/h5-13,16,20-21H,3-4,14-15H2,1-2H3. The van der Waals surface area contributed by atoms with Crippen LogP contribution in [0, 0.1) is 5.92 Å². The summed E-state index contributed by atoms with van der Waals surface area (Å²) in [4.78, 5) is 2.61. The molecule has 1 heterocycles. The van der Waals surface area contributed by atoms with Crippen molar-refractivity contribution in [3.63, 3.8) is 0 Å². The molecule has 1 atom stereocenters. The van der Waals surface area contributed by atoms with Crippen LogP contribution in [0.2, 0.25) is 0 Å². The minimum absolute atomic E-state index is 0.414. The molecule has 1 unspecified atom stereocenters. The SMILES string of the molecule is CCC(CC)CN1c2ccccc2NCC1c1ccccc1. The lowest BCUT2D eigenvalue weighted by atomic mass is 9.96. The summed E-state index contributed by atoms with van der Waals surface area (Å²) < 4.78 is 0. The van der Waals surface area contributed by atoms with E-state index in [1.807, 2.05) is 0 Å². The zero-order valence-electron chi connectivity index (χ0n) is 13.6. The van der Waals surface area contributed by atoms with Crippen LogP contribution in [0.3, 0.4) is 0 Å². The predicted octanol–water partition coefficient (Wildman–Crippen LogP) is 5.10. The minimum Gasteiger partial charge on any atom is -0.381 e. The molecule has 0 bridgehead atoms. The fraction of sp³-hybridized carbons (Fsp3) is 0.400. The highest BCUT2D eigenvalue weighted by Crippen LogP contribution is 2.38. The van der Waals surface area contributed by atoms with Crippen LogP contribution in [0.25, 0.3) is 0 Å². The molecule has 0 saturated carbocycles. The van der Waals surface area contributed by atoms with Gasteiger partial charge in [0, 0.05) is 13.1 Å². The maximum atomic E-state index is 3.61. The average molecular weight is 294 g/mol. The molecule has 2 aromatic rings. The van der Waals surface area contributed by atoms with E-state index in [1.54, 1.807) is 0 Å². The van der Waals surface area contributed by atoms with Crippen LogP contribution in [0.15, 0.2) is 54.6 Å². The lowest BCUT2D eigenvalue weighted by Gasteiger charge is -2.41. The van der Waals surface area contributed by atoms with Crippen molar-refractivity contribution >= 4 is 11.4 Å². The number of para-hydroxylation sites is 2. The molecule has 0 spiro atoms. The van der Waals surface area contributed by atoms with E-state index >= 15 is 0 Å². The van der Waals surface area contributed by atoms with E-state index in [2.05, 4.69) is 78.7 Å². The van der Waals surface area contributed by atoms with Gasteiger partial charge in [0.2, 0.25) is 0 Å². The van der Waals surface area contributed by atoms with Gasteiger partial charge in [-0.3, -0.25) is 0 Å². The van der Waals surface area contributed by atoms with Crippen LogP contribution < -0.4 is 10.2 Å². The Kier molecular flexibility index (Phi) is 4.67. The quantitative estimate of drug-likeness (QED) is 0.825. The van der Waals surface area contributed by atoms with Crippen molar-refractivity contribution in [2.24, 2.45) is 5.92 Å². The second-order valence-electron chi connectivity index (χ2n) is 6.16. The Morgan fingerprint density at radius 3 is 2.41 bits per heavy atom. The second-order valence-corrected chi connectivity index (χ2v) is 6.16. The fourth-order valence-corrected chi connectivity index (χ4v) is 3.38. The number of benzene rings is 2. The Morgan fingerprint density at radius 2 is 1.68 bits per heavy atom. The van der Waals surface area contributed by atoms with Gasteiger partial charge < -0.3 is 10.2 Å². The molecular formula is C20H26N2. The highest BCUT2D eigenvalue weighted by molar-refractivity contribution is 5.73. The van der Waals surface area contributed by atoms with Crippen molar-refractivity contribution in [1.29, 1.82) is 0 Å². The summed E-state index contributed by atoms with van der Waals surface area (Å²) in [7, 11) is 0. The van der Waals surface area contributed by atoms with Gasteiger partial charge in [-0.05, 0) is 23.6 Å². The molecule has 3 rings (SSSR count). The highest BCUT2D eigenvalue weighted by atomic mass is 15.2. The molecule has 0 aromatic heterocycles. The number of hydrogen-bond acceptors (Lipinski definition) is 2. The van der Waals surface area contributed by atoms with Gasteiger partial charge in [0.25, 0.3) is 0 Å². The van der Waals surface area contributed by atoms with Crippen molar-refractivity contribution < 1.29 is 0 Å². The summed E-state index contributed by atoms with van der Waals surface area (Å²) in [6.07, 6.45) is 2.48. The average Bonchev–Trinajstić information content (AvgIpc) is 2.60. The van der Waals surface area contributed by atoms with Crippen LogP contribution in [-0.4, -0.2) is 13.1 Å². The molecule has 0 fully saturated rings. The van der Waals surface area contributed by atoms with E-state index in [-0.39, 0.29) is 0 Å². The molecular weight excluding hydrogens is 268 g/mol. The number of nitrogens with zero attached hydrogens (tertiary/aromatic N) is 1. The van der Waals surface area contributed by atoms with E-state index in [9.17, 15) is 0 Å². The fourth-order valence-electron chi connectivity index (χ4n) is 3.38. The zero-order valence-corrected chi connectivity index (χ0v) is 13.6. The molecule has 22 heavy (non-hydrogen) atoms. The Bertz CT molecular complexity index is 590. The largest absolute Gasteiger partial charge is 0.381 e. The Morgan fingerprint density at radius 1 is 1.00 bits per heavy atom. The van der Waals surface area contributed by atoms with E-state index in [4.69, 9.17) is 0 Å². The van der Waals surface area contributed by atoms with E-state index < -0.39 is 0 Å². The van der Waals surface area contributed by atoms with Crippen LogP contribution in [0.1, 0.15) is 38.3 Å². The Hall–Kier alpha value is -1.96. The summed E-state index contributed by atoms with van der Waals surface area (Å²) in [5.41, 5.74) is 4.01. The first-order chi connectivity index (χ1) is 10.8. The molecule has 2 nitrogen and oxygen atoms in total. The number of fused-ring (bicyclic) bond motifs is 1. The second kappa shape index (κ2) is 6.87. The third-order valence-electron chi connectivity index (χ3n) is 4.87. The van der Waals surface area contributed by atoms with Gasteiger partial charge in [0.15, 0.2) is 0 Å². The molecule has 0 aliphatic carbocycles. The maximum absolute atomic E-state index is 3.61. The number of hydrogen-bond donors (Lipinski definition) is 1. The minimum atomic E-state index is 0.414. The van der Waals surface area contributed by atoms with Gasteiger partial charge in [-0.15, -0.1) is 0 Å². The van der Waals surface area contributed by atoms with E-state index in [0.717, 1.165) is 19.0 Å². The highest BCUT2D eigenvalue weighted by Gasteiger charge is 2.28. The Balaban J connectivity index is 1.96. The van der Waals surface area contributed by atoms with Crippen LogP contribution in [0.5, 0.6) is 0 Å². The van der Waals surface area contributed by atoms with Crippen LogP contribution in [-0.2, 0) is 0 Å². The molecule has 0 amide bonds. The van der Waals surface area contributed by atoms with Crippen molar-refractivity contribution in [1.82, 2.24) is 0 Å². The van der Waals surface area contributed by atoms with Crippen molar-refractivity contribution in [2.45, 2.75) is 32.7 Å². The monoisotopic (exact) mass is 294 g/mol. The van der Waals surface area contributed by atoms with E-state index in [1.165, 1.54) is 29.8 Å². The number of rotatable bonds is 5. The van der Waals surface area contributed by atoms with Gasteiger partial charge >= 0.3 is 0 Å². The van der Waals surface area contributed by atoms with Crippen LogP contribution in [0.4, 0.5) is 11.4 Å². The molecule has 1 aliphatic heterocycles. The van der Waals surface area contributed by atoms with Gasteiger partial charge in [0.1, 0.15) is 0 Å². The normalized spacial score (nSPS) is 17.2. The molecule has 0 saturated heterocycles. The molecule has 0 radical (unpaired) electrons. The van der Waals surface area contributed by atoms with Gasteiger partial charge in [-0.1, -0.05) is 69.2 Å². The molecule has 116 valence electrons. The first-order valence-electron chi connectivity index (χ1n) is 8.48. The maximum Gasteiger partial charge on any atom is 0.0715 e. The Labute approximate surface area is 134 Å². The van der Waals surface area contributed by atoms with Crippen molar-refractivity contribution in [3.8, 4) is 0 Å². The third kappa shape index (κ3) is 2.96. The van der Waals surface area contributed by atoms with Gasteiger partial charge in [0.05, 0.1) is 17.4 Å². The van der Waals surface area contributed by atoms with E-state index in [0.29, 0.717) is 6.04 Å². The summed E-state index contributed by atoms with van der Waals surface area (Å²) in [6, 6.07) is 20.0. The van der Waals surface area contributed by atoms with Gasteiger partial charge in [-0.2, -0.15) is 0 Å². The number of anilines is 2. The summed E-state index contributed by atoms with van der Waals surface area (Å²) in [5.74, 6) is 0.748. The van der Waals surface area contributed by atoms with Crippen LogP contribution >= 0.6 is 0 Å². The smallest absolute Gasteiger partial charge is 0.0715 e. The first kappa shape index (κ1) is 15.0. The summed E-state index contributed by atoms with van der Waals surface area (Å²) in [6.45, 7) is 6.71.